The first-order chi connectivity index (χ1) is 18.7. The minimum absolute atomic E-state index is 0.270. The molecule has 2 aromatic rings. The van der Waals surface area contributed by atoms with Crippen molar-refractivity contribution in [3.63, 3.8) is 0 Å². The number of nitrogens with zero attached hydrogens (tertiary/aromatic N) is 1. The van der Waals surface area contributed by atoms with E-state index in [1.165, 1.54) is 81.9 Å². The van der Waals surface area contributed by atoms with Crippen molar-refractivity contribution in [3.8, 4) is 5.75 Å². The van der Waals surface area contributed by atoms with Crippen LogP contribution in [0.2, 0.25) is 0 Å². The maximum Gasteiger partial charge on any atom is 0.323 e. The Morgan fingerprint density at radius 3 is 2.11 bits per heavy atom. The summed E-state index contributed by atoms with van der Waals surface area (Å²) in [6.45, 7) is 5.96. The lowest BCUT2D eigenvalue weighted by atomic mass is 10.1. The molecule has 0 unspecified atom stereocenters. The molecule has 0 fully saturated rings. The van der Waals surface area contributed by atoms with Crippen molar-refractivity contribution >= 4 is 29.2 Å². The number of para-hydroxylation sites is 2. The molecule has 3 rings (SSSR count). The monoisotopic (exact) mass is 537 g/mol. The standard InChI is InChI=1S/C32H47N3O2S/c1-3-4-5-6-7-8-9-10-11-12-13-16-23-37-31-18-15-14-17-30(31)34-32(36)33-29-21-19-28(20-22-29)24-35-26-38-25-27(35)2/h14-15,17-22,25H,3-13,16,23-24,26H2,1-2H3,(H2,33,34,36). The number of nitrogens with one attached hydrogen (secondary N) is 2. The molecule has 38 heavy (non-hydrogen) atoms. The maximum atomic E-state index is 12.6. The van der Waals surface area contributed by atoms with Crippen LogP contribution in [-0.4, -0.2) is 23.4 Å². The number of amides is 2. The minimum atomic E-state index is -0.270. The molecule has 0 atom stereocenters. The van der Waals surface area contributed by atoms with Gasteiger partial charge in [-0.2, -0.15) is 0 Å². The summed E-state index contributed by atoms with van der Waals surface area (Å²) in [5, 5.41) is 8.07. The van der Waals surface area contributed by atoms with Gasteiger partial charge in [0, 0.05) is 17.9 Å². The summed E-state index contributed by atoms with van der Waals surface area (Å²) in [6, 6.07) is 15.4. The number of carbonyl (C=O) groups is 1. The van der Waals surface area contributed by atoms with Gasteiger partial charge in [0.25, 0.3) is 0 Å². The molecule has 2 N–H and O–H groups in total. The molecule has 6 heteroatoms. The van der Waals surface area contributed by atoms with Crippen LogP contribution in [0, 0.1) is 0 Å². The SMILES string of the molecule is CCCCCCCCCCCCCCOc1ccccc1NC(=O)Nc1ccc(CN2CSC=C2C)cc1. The highest BCUT2D eigenvalue weighted by atomic mass is 32.2. The number of hydrogen-bond acceptors (Lipinski definition) is 4. The van der Waals surface area contributed by atoms with Crippen LogP contribution in [-0.2, 0) is 6.54 Å². The van der Waals surface area contributed by atoms with E-state index in [9.17, 15) is 4.79 Å². The molecule has 0 saturated heterocycles. The molecule has 0 aliphatic carbocycles. The smallest absolute Gasteiger partial charge is 0.323 e. The number of ether oxygens (including phenoxy) is 1. The lowest BCUT2D eigenvalue weighted by Crippen LogP contribution is -2.20. The minimum Gasteiger partial charge on any atom is -0.491 e. The molecule has 1 heterocycles. The van der Waals surface area contributed by atoms with Gasteiger partial charge in [0.1, 0.15) is 5.75 Å². The van der Waals surface area contributed by atoms with Gasteiger partial charge in [-0.05, 0) is 48.6 Å². The molecule has 208 valence electrons. The number of anilines is 2. The fraction of sp³-hybridized carbons (Fsp3) is 0.531. The Kier molecular flexibility index (Phi) is 14.0. The van der Waals surface area contributed by atoms with Crippen molar-refractivity contribution in [3.05, 3.63) is 65.2 Å². The van der Waals surface area contributed by atoms with E-state index in [0.29, 0.717) is 18.0 Å². The zero-order valence-corrected chi connectivity index (χ0v) is 24.3. The second-order valence-electron chi connectivity index (χ2n) is 10.3. The van der Waals surface area contributed by atoms with Gasteiger partial charge in [-0.3, -0.25) is 0 Å². The van der Waals surface area contributed by atoms with Crippen molar-refractivity contribution in [1.82, 2.24) is 4.90 Å². The zero-order valence-electron chi connectivity index (χ0n) is 23.5. The number of allylic oxidation sites excluding steroid dienone is 1. The molecule has 5 nitrogen and oxygen atoms in total. The van der Waals surface area contributed by atoms with Gasteiger partial charge in [0.05, 0.1) is 18.2 Å². The van der Waals surface area contributed by atoms with Crippen molar-refractivity contribution in [2.24, 2.45) is 0 Å². The number of thioether (sulfide) groups is 1. The zero-order chi connectivity index (χ0) is 26.8. The van der Waals surface area contributed by atoms with Crippen LogP contribution < -0.4 is 15.4 Å². The Morgan fingerprint density at radius 2 is 1.47 bits per heavy atom. The Bertz CT molecular complexity index is 977. The second kappa shape index (κ2) is 17.8. The van der Waals surface area contributed by atoms with Gasteiger partial charge in [-0.15, -0.1) is 11.8 Å². The molecule has 2 amide bonds. The first-order valence-corrected chi connectivity index (χ1v) is 15.6. The third-order valence-corrected chi connectivity index (χ3v) is 7.93. The largest absolute Gasteiger partial charge is 0.491 e. The summed E-state index contributed by atoms with van der Waals surface area (Å²) < 4.78 is 6.01. The Morgan fingerprint density at radius 1 is 0.842 bits per heavy atom. The second-order valence-corrected chi connectivity index (χ2v) is 11.1. The van der Waals surface area contributed by atoms with Gasteiger partial charge in [-0.25, -0.2) is 4.79 Å². The van der Waals surface area contributed by atoms with Crippen LogP contribution in [0.4, 0.5) is 16.2 Å². The van der Waals surface area contributed by atoms with E-state index in [2.05, 4.69) is 46.9 Å². The van der Waals surface area contributed by atoms with Gasteiger partial charge in [0.15, 0.2) is 0 Å². The summed E-state index contributed by atoms with van der Waals surface area (Å²) in [7, 11) is 0. The lowest BCUT2D eigenvalue weighted by molar-refractivity contribution is 0.261. The highest BCUT2D eigenvalue weighted by Crippen LogP contribution is 2.26. The molecular formula is C32H47N3O2S. The van der Waals surface area contributed by atoms with E-state index in [-0.39, 0.29) is 6.03 Å². The van der Waals surface area contributed by atoms with Crippen LogP contribution in [0.3, 0.4) is 0 Å². The highest BCUT2D eigenvalue weighted by molar-refractivity contribution is 8.02. The van der Waals surface area contributed by atoms with Crippen LogP contribution in [0.5, 0.6) is 5.75 Å². The first-order valence-electron chi connectivity index (χ1n) is 14.6. The van der Waals surface area contributed by atoms with Crippen LogP contribution in [0.25, 0.3) is 0 Å². The van der Waals surface area contributed by atoms with Crippen LogP contribution in [0.15, 0.2) is 59.6 Å². The van der Waals surface area contributed by atoms with Gasteiger partial charge < -0.3 is 20.3 Å². The molecule has 2 aromatic carbocycles. The molecule has 0 aromatic heterocycles. The van der Waals surface area contributed by atoms with Crippen molar-refractivity contribution < 1.29 is 9.53 Å². The van der Waals surface area contributed by atoms with Gasteiger partial charge in [-0.1, -0.05) is 102 Å². The summed E-state index contributed by atoms with van der Waals surface area (Å²) in [4.78, 5) is 15.0. The lowest BCUT2D eigenvalue weighted by Gasteiger charge is -2.19. The summed E-state index contributed by atoms with van der Waals surface area (Å²) in [6.07, 6.45) is 15.9. The topological polar surface area (TPSA) is 53.6 Å². The van der Waals surface area contributed by atoms with Crippen LogP contribution in [0.1, 0.15) is 96.5 Å². The van der Waals surface area contributed by atoms with E-state index < -0.39 is 0 Å². The third-order valence-electron chi connectivity index (χ3n) is 6.96. The molecule has 0 radical (unpaired) electrons. The maximum absolute atomic E-state index is 12.6. The highest BCUT2D eigenvalue weighted by Gasteiger charge is 2.12. The van der Waals surface area contributed by atoms with E-state index in [4.69, 9.17) is 4.74 Å². The van der Waals surface area contributed by atoms with Gasteiger partial charge in [0.2, 0.25) is 0 Å². The average Bonchev–Trinajstić information content (AvgIpc) is 3.32. The molecule has 0 saturated carbocycles. The van der Waals surface area contributed by atoms with Crippen molar-refractivity contribution in [1.29, 1.82) is 0 Å². The number of urea groups is 1. The third kappa shape index (κ3) is 11.4. The number of hydrogen-bond donors (Lipinski definition) is 2. The summed E-state index contributed by atoms with van der Waals surface area (Å²) in [5.41, 5.74) is 3.98. The number of carbonyl (C=O) groups excluding carboxylic acids is 1. The molecule has 0 spiro atoms. The average molecular weight is 538 g/mol. The van der Waals surface area contributed by atoms with Crippen molar-refractivity contribution in [2.45, 2.75) is 97.4 Å². The summed E-state index contributed by atoms with van der Waals surface area (Å²) >= 11 is 1.82. The number of benzene rings is 2. The van der Waals surface area contributed by atoms with Crippen LogP contribution >= 0.6 is 11.8 Å². The fourth-order valence-corrected chi connectivity index (χ4v) is 5.55. The van der Waals surface area contributed by atoms with E-state index in [0.717, 1.165) is 24.5 Å². The summed E-state index contributed by atoms with van der Waals surface area (Å²) in [5.74, 6) is 1.71. The Labute approximate surface area is 234 Å². The van der Waals surface area contributed by atoms with E-state index in [1.54, 1.807) is 0 Å². The van der Waals surface area contributed by atoms with Gasteiger partial charge >= 0.3 is 6.03 Å². The fourth-order valence-electron chi connectivity index (χ4n) is 4.61. The number of rotatable bonds is 18. The predicted octanol–water partition coefficient (Wildman–Crippen LogP) is 9.78. The Balaban J connectivity index is 1.29. The quantitative estimate of drug-likeness (QED) is 0.186. The Hall–Kier alpha value is -2.60. The first kappa shape index (κ1) is 29.9. The molecule has 1 aliphatic rings. The molecular weight excluding hydrogens is 490 g/mol. The predicted molar refractivity (Wildman–Crippen MR) is 164 cm³/mol. The molecule has 0 bridgehead atoms. The van der Waals surface area contributed by atoms with E-state index in [1.807, 2.05) is 48.2 Å². The number of unbranched alkanes of at least 4 members (excludes halogenated alkanes) is 11. The normalized spacial score (nSPS) is 12.9. The molecule has 1 aliphatic heterocycles. The van der Waals surface area contributed by atoms with Crippen molar-refractivity contribution in [2.75, 3.05) is 23.1 Å². The van der Waals surface area contributed by atoms with E-state index >= 15 is 0 Å².